The largest absolute Gasteiger partial charge is 0.465 e. The van der Waals surface area contributed by atoms with Gasteiger partial charge in [-0.15, -0.1) is 11.3 Å². The van der Waals surface area contributed by atoms with Crippen molar-refractivity contribution in [1.82, 2.24) is 4.90 Å². The molecule has 0 aliphatic carbocycles. The standard InChI is InChI=1S/C16H26N2O3S/c1-6-8-9-18(7-2)10-13(19)17-15-14(16(20)21-5)11(3)12(4)22-15/h6-10H2,1-5H3,(H,17,19). The fourth-order valence-electron chi connectivity index (χ4n) is 2.16. The van der Waals surface area contributed by atoms with E-state index in [4.69, 9.17) is 4.74 Å². The Labute approximate surface area is 136 Å². The molecular formula is C16H26N2O3S. The van der Waals surface area contributed by atoms with Crippen LogP contribution in [0.25, 0.3) is 0 Å². The minimum Gasteiger partial charge on any atom is -0.465 e. The number of unbranched alkanes of at least 4 members (excludes halogenated alkanes) is 1. The number of ether oxygens (including phenoxy) is 1. The highest BCUT2D eigenvalue weighted by Gasteiger charge is 2.22. The van der Waals surface area contributed by atoms with Gasteiger partial charge in [0.25, 0.3) is 0 Å². The van der Waals surface area contributed by atoms with Crippen LogP contribution < -0.4 is 5.32 Å². The van der Waals surface area contributed by atoms with E-state index in [1.165, 1.54) is 18.4 Å². The van der Waals surface area contributed by atoms with Crippen molar-refractivity contribution in [2.45, 2.75) is 40.5 Å². The molecule has 0 saturated heterocycles. The number of hydrogen-bond acceptors (Lipinski definition) is 5. The van der Waals surface area contributed by atoms with Crippen LogP contribution in [0.5, 0.6) is 0 Å². The van der Waals surface area contributed by atoms with Crippen molar-refractivity contribution in [3.63, 3.8) is 0 Å². The highest BCUT2D eigenvalue weighted by atomic mass is 32.1. The van der Waals surface area contributed by atoms with Gasteiger partial charge in [-0.1, -0.05) is 20.3 Å². The summed E-state index contributed by atoms with van der Waals surface area (Å²) in [4.78, 5) is 27.2. The summed E-state index contributed by atoms with van der Waals surface area (Å²) in [6.07, 6.45) is 2.18. The van der Waals surface area contributed by atoms with Crippen LogP contribution in [0, 0.1) is 13.8 Å². The third-order valence-corrected chi connectivity index (χ3v) is 4.79. The molecule has 0 bridgehead atoms. The van der Waals surface area contributed by atoms with Crippen molar-refractivity contribution in [1.29, 1.82) is 0 Å². The average molecular weight is 326 g/mol. The zero-order valence-corrected chi connectivity index (χ0v) is 14.9. The summed E-state index contributed by atoms with van der Waals surface area (Å²) in [7, 11) is 1.35. The summed E-state index contributed by atoms with van der Waals surface area (Å²) in [5.41, 5.74) is 1.33. The Morgan fingerprint density at radius 3 is 2.50 bits per heavy atom. The fraction of sp³-hybridized carbons (Fsp3) is 0.625. The van der Waals surface area contributed by atoms with Crippen molar-refractivity contribution in [2.75, 3.05) is 32.1 Å². The molecule has 0 aliphatic heterocycles. The van der Waals surface area contributed by atoms with Crippen molar-refractivity contribution >= 4 is 28.2 Å². The van der Waals surface area contributed by atoms with E-state index in [-0.39, 0.29) is 5.91 Å². The first-order chi connectivity index (χ1) is 10.4. The van der Waals surface area contributed by atoms with Crippen LogP contribution in [0.2, 0.25) is 0 Å². The summed E-state index contributed by atoms with van der Waals surface area (Å²) in [6.45, 7) is 10.1. The molecule has 1 N–H and O–H groups in total. The van der Waals surface area contributed by atoms with E-state index in [0.29, 0.717) is 17.1 Å². The minimum atomic E-state index is -0.407. The number of nitrogens with zero attached hydrogens (tertiary/aromatic N) is 1. The van der Waals surface area contributed by atoms with Crippen LogP contribution >= 0.6 is 11.3 Å². The maximum atomic E-state index is 12.2. The lowest BCUT2D eigenvalue weighted by Crippen LogP contribution is -2.34. The number of methoxy groups -OCH3 is 1. The second-order valence-electron chi connectivity index (χ2n) is 5.25. The van der Waals surface area contributed by atoms with Crippen molar-refractivity contribution in [2.24, 2.45) is 0 Å². The lowest BCUT2D eigenvalue weighted by molar-refractivity contribution is -0.117. The zero-order chi connectivity index (χ0) is 16.7. The molecule has 0 fully saturated rings. The van der Waals surface area contributed by atoms with E-state index >= 15 is 0 Å². The van der Waals surface area contributed by atoms with Crippen LogP contribution in [0.1, 0.15) is 47.5 Å². The molecule has 0 unspecified atom stereocenters. The summed E-state index contributed by atoms with van der Waals surface area (Å²) in [5.74, 6) is -0.500. The number of aryl methyl sites for hydroxylation is 1. The number of rotatable bonds is 8. The van der Waals surface area contributed by atoms with Gasteiger partial charge in [-0.25, -0.2) is 4.79 Å². The van der Waals surface area contributed by atoms with E-state index in [1.54, 1.807) is 0 Å². The Hall–Kier alpha value is -1.40. The molecule has 0 saturated carbocycles. The van der Waals surface area contributed by atoms with E-state index in [2.05, 4.69) is 17.1 Å². The lowest BCUT2D eigenvalue weighted by atomic mass is 10.1. The Kier molecular flexibility index (Phi) is 7.55. The van der Waals surface area contributed by atoms with Gasteiger partial charge in [0, 0.05) is 4.88 Å². The Morgan fingerprint density at radius 1 is 1.27 bits per heavy atom. The fourth-order valence-corrected chi connectivity index (χ4v) is 3.23. The van der Waals surface area contributed by atoms with Gasteiger partial charge in [0.05, 0.1) is 19.2 Å². The van der Waals surface area contributed by atoms with Gasteiger partial charge in [-0.3, -0.25) is 9.69 Å². The number of esters is 1. The number of amides is 1. The van der Waals surface area contributed by atoms with Crippen LogP contribution in [-0.2, 0) is 9.53 Å². The van der Waals surface area contributed by atoms with Gasteiger partial charge in [-0.2, -0.15) is 0 Å². The zero-order valence-electron chi connectivity index (χ0n) is 14.1. The second kappa shape index (κ2) is 8.90. The van der Waals surface area contributed by atoms with Gasteiger partial charge in [0.1, 0.15) is 5.00 Å². The average Bonchev–Trinajstić information content (AvgIpc) is 2.77. The number of hydrogen-bond donors (Lipinski definition) is 1. The first kappa shape index (κ1) is 18.6. The topological polar surface area (TPSA) is 58.6 Å². The van der Waals surface area contributed by atoms with E-state index in [0.717, 1.165) is 36.4 Å². The van der Waals surface area contributed by atoms with Gasteiger partial charge in [0.15, 0.2) is 0 Å². The highest BCUT2D eigenvalue weighted by Crippen LogP contribution is 2.32. The number of anilines is 1. The first-order valence-corrected chi connectivity index (χ1v) is 8.46. The molecule has 0 aliphatic rings. The van der Waals surface area contributed by atoms with Crippen molar-refractivity contribution < 1.29 is 14.3 Å². The molecule has 0 radical (unpaired) electrons. The molecule has 1 aromatic heterocycles. The van der Waals surface area contributed by atoms with Crippen LogP contribution in [0.3, 0.4) is 0 Å². The number of carbonyl (C=O) groups excluding carboxylic acids is 2. The summed E-state index contributed by atoms with van der Waals surface area (Å²) < 4.78 is 4.81. The first-order valence-electron chi connectivity index (χ1n) is 7.65. The monoisotopic (exact) mass is 326 g/mol. The molecular weight excluding hydrogens is 300 g/mol. The molecule has 1 heterocycles. The van der Waals surface area contributed by atoms with Crippen LogP contribution in [0.15, 0.2) is 0 Å². The molecule has 0 atom stereocenters. The Balaban J connectivity index is 2.79. The Bertz CT molecular complexity index is 526. The molecule has 22 heavy (non-hydrogen) atoms. The van der Waals surface area contributed by atoms with E-state index < -0.39 is 5.97 Å². The summed E-state index contributed by atoms with van der Waals surface area (Å²) >= 11 is 1.41. The number of likely N-dealkylation sites (N-methyl/N-ethyl adjacent to an activating group) is 1. The lowest BCUT2D eigenvalue weighted by Gasteiger charge is -2.19. The molecule has 124 valence electrons. The van der Waals surface area contributed by atoms with Gasteiger partial charge >= 0.3 is 5.97 Å². The molecule has 6 heteroatoms. The normalized spacial score (nSPS) is 10.8. The summed E-state index contributed by atoms with van der Waals surface area (Å²) in [6, 6.07) is 0. The third kappa shape index (κ3) is 4.81. The summed E-state index contributed by atoms with van der Waals surface area (Å²) in [5, 5.41) is 3.45. The predicted molar refractivity (Wildman–Crippen MR) is 90.8 cm³/mol. The van der Waals surface area contributed by atoms with Crippen LogP contribution in [-0.4, -0.2) is 43.5 Å². The van der Waals surface area contributed by atoms with Gasteiger partial charge < -0.3 is 10.1 Å². The highest BCUT2D eigenvalue weighted by molar-refractivity contribution is 7.16. The molecule has 1 aromatic rings. The minimum absolute atomic E-state index is 0.0932. The maximum absolute atomic E-state index is 12.2. The van der Waals surface area contributed by atoms with Gasteiger partial charge in [-0.05, 0) is 38.9 Å². The third-order valence-electron chi connectivity index (χ3n) is 3.67. The molecule has 0 spiro atoms. The predicted octanol–water partition coefficient (Wildman–Crippen LogP) is 3.21. The van der Waals surface area contributed by atoms with E-state index in [1.807, 2.05) is 20.8 Å². The van der Waals surface area contributed by atoms with Crippen molar-refractivity contribution in [3.05, 3.63) is 16.0 Å². The smallest absolute Gasteiger partial charge is 0.341 e. The molecule has 5 nitrogen and oxygen atoms in total. The van der Waals surface area contributed by atoms with E-state index in [9.17, 15) is 9.59 Å². The molecule has 1 amide bonds. The van der Waals surface area contributed by atoms with Crippen LogP contribution in [0.4, 0.5) is 5.00 Å². The Morgan fingerprint density at radius 2 is 1.95 bits per heavy atom. The SMILES string of the molecule is CCCCN(CC)CC(=O)Nc1sc(C)c(C)c1C(=O)OC. The number of thiophene rings is 1. The maximum Gasteiger partial charge on any atom is 0.341 e. The molecule has 0 aromatic carbocycles. The quantitative estimate of drug-likeness (QED) is 0.745. The number of nitrogens with one attached hydrogen (secondary N) is 1. The number of carbonyl (C=O) groups is 2. The molecule has 1 rings (SSSR count). The van der Waals surface area contributed by atoms with Gasteiger partial charge in [0.2, 0.25) is 5.91 Å². The second-order valence-corrected chi connectivity index (χ2v) is 6.47. The van der Waals surface area contributed by atoms with Crippen molar-refractivity contribution in [3.8, 4) is 0 Å².